The van der Waals surface area contributed by atoms with Crippen molar-refractivity contribution in [1.29, 1.82) is 0 Å². The molecule has 0 fully saturated rings. The second-order valence-electron chi connectivity index (χ2n) is 2.81. The maximum atomic E-state index is 12.8. The van der Waals surface area contributed by atoms with Gasteiger partial charge in [0.05, 0.1) is 11.9 Å². The van der Waals surface area contributed by atoms with Crippen LogP contribution in [0.2, 0.25) is 0 Å². The van der Waals surface area contributed by atoms with Gasteiger partial charge in [0.15, 0.2) is 17.6 Å². The molecule has 0 radical (unpaired) electrons. The number of H-pyrrole nitrogens is 1. The van der Waals surface area contributed by atoms with Crippen LogP contribution in [0.1, 0.15) is 0 Å². The molecule has 14 heavy (non-hydrogen) atoms. The van der Waals surface area contributed by atoms with Crippen molar-refractivity contribution in [3.8, 4) is 11.3 Å². The van der Waals surface area contributed by atoms with Gasteiger partial charge in [0.25, 0.3) is 0 Å². The number of nitrogen functional groups attached to an aromatic ring is 1. The van der Waals surface area contributed by atoms with E-state index in [4.69, 9.17) is 5.73 Å². The molecule has 72 valence electrons. The molecule has 1 aromatic carbocycles. The molecule has 0 bridgehead atoms. The zero-order valence-electron chi connectivity index (χ0n) is 7.09. The number of imidazole rings is 1. The molecule has 0 saturated heterocycles. The van der Waals surface area contributed by atoms with E-state index in [2.05, 4.69) is 9.97 Å². The molecule has 1 aromatic heterocycles. The van der Waals surface area contributed by atoms with Crippen LogP contribution in [-0.4, -0.2) is 9.97 Å². The van der Waals surface area contributed by atoms with Gasteiger partial charge in [-0.2, -0.15) is 0 Å². The number of benzene rings is 1. The molecule has 0 aliphatic rings. The predicted octanol–water partition coefficient (Wildman–Crippen LogP) is 1.94. The van der Waals surface area contributed by atoms with Crippen LogP contribution < -0.4 is 5.73 Å². The van der Waals surface area contributed by atoms with Crippen LogP contribution in [0.15, 0.2) is 24.4 Å². The van der Waals surface area contributed by atoms with Gasteiger partial charge in [0, 0.05) is 5.56 Å². The molecular weight excluding hydrogens is 188 g/mol. The Hall–Kier alpha value is -1.91. The molecule has 1 heterocycles. The number of anilines is 1. The van der Waals surface area contributed by atoms with Gasteiger partial charge in [-0.25, -0.2) is 13.8 Å². The number of nitrogens with two attached hydrogens (primary N) is 1. The number of nitrogens with zero attached hydrogens (tertiary/aromatic N) is 1. The van der Waals surface area contributed by atoms with Crippen molar-refractivity contribution in [1.82, 2.24) is 9.97 Å². The topological polar surface area (TPSA) is 54.7 Å². The fraction of sp³-hybridized carbons (Fsp3) is 0. The van der Waals surface area contributed by atoms with Gasteiger partial charge in [0.1, 0.15) is 0 Å². The summed E-state index contributed by atoms with van der Waals surface area (Å²) in [7, 11) is 0. The monoisotopic (exact) mass is 195 g/mol. The first-order chi connectivity index (χ1) is 6.66. The second-order valence-corrected chi connectivity index (χ2v) is 2.81. The van der Waals surface area contributed by atoms with E-state index in [9.17, 15) is 8.78 Å². The van der Waals surface area contributed by atoms with Crippen molar-refractivity contribution in [3.63, 3.8) is 0 Å². The molecule has 0 aliphatic heterocycles. The molecule has 3 N–H and O–H groups in total. The van der Waals surface area contributed by atoms with Gasteiger partial charge in [-0.05, 0) is 18.2 Å². The van der Waals surface area contributed by atoms with Gasteiger partial charge < -0.3 is 10.7 Å². The van der Waals surface area contributed by atoms with E-state index in [0.29, 0.717) is 11.3 Å². The first-order valence-corrected chi connectivity index (χ1v) is 3.93. The van der Waals surface area contributed by atoms with Crippen molar-refractivity contribution in [2.45, 2.75) is 0 Å². The highest BCUT2D eigenvalue weighted by molar-refractivity contribution is 5.59. The van der Waals surface area contributed by atoms with Gasteiger partial charge in [-0.1, -0.05) is 0 Å². The summed E-state index contributed by atoms with van der Waals surface area (Å²) in [5.41, 5.74) is 6.41. The van der Waals surface area contributed by atoms with Crippen LogP contribution in [0.4, 0.5) is 14.7 Å². The molecule has 3 nitrogen and oxygen atoms in total. The number of hydrogen-bond acceptors (Lipinski definition) is 2. The molecular formula is C9H7F2N3. The fourth-order valence-corrected chi connectivity index (χ4v) is 1.15. The summed E-state index contributed by atoms with van der Waals surface area (Å²) in [6.45, 7) is 0. The van der Waals surface area contributed by atoms with Gasteiger partial charge in [0.2, 0.25) is 0 Å². The van der Waals surface area contributed by atoms with Crippen molar-refractivity contribution in [2.24, 2.45) is 0 Å². The first-order valence-electron chi connectivity index (χ1n) is 3.93. The van der Waals surface area contributed by atoms with Crippen LogP contribution in [0, 0.1) is 11.6 Å². The second kappa shape index (κ2) is 3.10. The average molecular weight is 195 g/mol. The standard InChI is InChI=1S/C9H7F2N3/c10-6-2-1-5(3-7(6)11)8-4-13-9(12)14-8/h1-4H,(H3,12,13,14). The lowest BCUT2D eigenvalue weighted by Gasteiger charge is -1.97. The number of halogens is 2. The summed E-state index contributed by atoms with van der Waals surface area (Å²) in [5.74, 6) is -1.53. The Bertz CT molecular complexity index is 465. The van der Waals surface area contributed by atoms with Crippen LogP contribution in [-0.2, 0) is 0 Å². The highest BCUT2D eigenvalue weighted by atomic mass is 19.2. The normalized spacial score (nSPS) is 10.4. The molecule has 2 rings (SSSR count). The third kappa shape index (κ3) is 1.44. The molecule has 0 unspecified atom stereocenters. The van der Waals surface area contributed by atoms with Gasteiger partial charge >= 0.3 is 0 Å². The Balaban J connectivity index is 2.47. The van der Waals surface area contributed by atoms with Crippen LogP contribution in [0.3, 0.4) is 0 Å². The quantitative estimate of drug-likeness (QED) is 0.730. The highest BCUT2D eigenvalue weighted by Gasteiger charge is 2.05. The first kappa shape index (κ1) is 8.68. The van der Waals surface area contributed by atoms with Crippen molar-refractivity contribution in [3.05, 3.63) is 36.0 Å². The van der Waals surface area contributed by atoms with E-state index in [1.165, 1.54) is 12.3 Å². The summed E-state index contributed by atoms with van der Waals surface area (Å²) >= 11 is 0. The molecule has 5 heteroatoms. The minimum atomic E-state index is -0.893. The maximum absolute atomic E-state index is 12.8. The third-order valence-electron chi connectivity index (χ3n) is 1.83. The lowest BCUT2D eigenvalue weighted by molar-refractivity contribution is 0.509. The summed E-state index contributed by atoms with van der Waals surface area (Å²) in [4.78, 5) is 6.47. The lowest BCUT2D eigenvalue weighted by atomic mass is 10.1. The van der Waals surface area contributed by atoms with E-state index in [1.54, 1.807) is 0 Å². The summed E-state index contributed by atoms with van der Waals surface area (Å²) in [6, 6.07) is 3.59. The molecule has 0 aliphatic carbocycles. The third-order valence-corrected chi connectivity index (χ3v) is 1.83. The van der Waals surface area contributed by atoms with E-state index < -0.39 is 11.6 Å². The Morgan fingerprint density at radius 3 is 2.57 bits per heavy atom. The predicted molar refractivity (Wildman–Crippen MR) is 48.4 cm³/mol. The lowest BCUT2D eigenvalue weighted by Crippen LogP contribution is -1.87. The molecule has 0 atom stereocenters. The minimum absolute atomic E-state index is 0.240. The van der Waals surface area contributed by atoms with Crippen molar-refractivity contribution >= 4 is 5.95 Å². The van der Waals surface area contributed by atoms with Crippen molar-refractivity contribution in [2.75, 3.05) is 5.73 Å². The number of aromatic amines is 1. The largest absolute Gasteiger partial charge is 0.369 e. The Labute approximate surface area is 78.6 Å². The fourth-order valence-electron chi connectivity index (χ4n) is 1.15. The summed E-state index contributed by atoms with van der Waals surface area (Å²) in [6.07, 6.45) is 1.46. The molecule has 2 aromatic rings. The SMILES string of the molecule is Nc1ncc(-c2ccc(F)c(F)c2)[nH]1. The number of aromatic nitrogens is 2. The molecule has 0 amide bonds. The summed E-state index contributed by atoms with van der Waals surface area (Å²) in [5, 5.41) is 0. The van der Waals surface area contributed by atoms with E-state index >= 15 is 0 Å². The van der Waals surface area contributed by atoms with E-state index in [0.717, 1.165) is 12.1 Å². The number of hydrogen-bond donors (Lipinski definition) is 2. The number of nitrogens with one attached hydrogen (secondary N) is 1. The Kier molecular flexibility index (Phi) is 1.92. The van der Waals surface area contributed by atoms with Crippen LogP contribution >= 0.6 is 0 Å². The van der Waals surface area contributed by atoms with E-state index in [-0.39, 0.29) is 5.95 Å². The molecule has 0 saturated carbocycles. The number of rotatable bonds is 1. The van der Waals surface area contributed by atoms with Crippen LogP contribution in [0.5, 0.6) is 0 Å². The average Bonchev–Trinajstić information content (AvgIpc) is 2.57. The Morgan fingerprint density at radius 2 is 2.00 bits per heavy atom. The Morgan fingerprint density at radius 1 is 1.21 bits per heavy atom. The van der Waals surface area contributed by atoms with Gasteiger partial charge in [-0.3, -0.25) is 0 Å². The summed E-state index contributed by atoms with van der Waals surface area (Å²) < 4.78 is 25.4. The molecule has 0 spiro atoms. The van der Waals surface area contributed by atoms with E-state index in [1.807, 2.05) is 0 Å². The van der Waals surface area contributed by atoms with Gasteiger partial charge in [-0.15, -0.1) is 0 Å². The highest BCUT2D eigenvalue weighted by Crippen LogP contribution is 2.19. The smallest absolute Gasteiger partial charge is 0.197 e. The minimum Gasteiger partial charge on any atom is -0.369 e. The zero-order chi connectivity index (χ0) is 10.1. The zero-order valence-corrected chi connectivity index (χ0v) is 7.09. The maximum Gasteiger partial charge on any atom is 0.197 e. The van der Waals surface area contributed by atoms with Crippen molar-refractivity contribution < 1.29 is 8.78 Å². The van der Waals surface area contributed by atoms with Crippen LogP contribution in [0.25, 0.3) is 11.3 Å².